The highest BCUT2D eigenvalue weighted by molar-refractivity contribution is 5.94. The first-order valence-corrected chi connectivity index (χ1v) is 9.32. The van der Waals surface area contributed by atoms with Crippen molar-refractivity contribution < 1.29 is 31.8 Å². The number of benzene rings is 2. The van der Waals surface area contributed by atoms with Gasteiger partial charge in [0.15, 0.2) is 5.96 Å². The molecule has 10 heteroatoms. The second kappa shape index (κ2) is 7.68. The number of methoxy groups -OCH3 is 2. The van der Waals surface area contributed by atoms with Crippen LogP contribution in [-0.4, -0.2) is 26.8 Å². The molecule has 2 aliphatic rings. The molecule has 2 aromatic rings. The van der Waals surface area contributed by atoms with Crippen molar-refractivity contribution in [1.82, 2.24) is 5.32 Å². The second-order valence-electron chi connectivity index (χ2n) is 6.94. The third-order valence-electron chi connectivity index (χ3n) is 5.18. The van der Waals surface area contributed by atoms with Crippen LogP contribution in [0, 0.1) is 5.82 Å². The Morgan fingerprint density at radius 1 is 1.19 bits per heavy atom. The monoisotopic (exact) mass is 437 g/mol. The van der Waals surface area contributed by atoms with Gasteiger partial charge in [0.1, 0.15) is 29.1 Å². The molecule has 1 atom stereocenters. The van der Waals surface area contributed by atoms with Gasteiger partial charge < -0.3 is 25.3 Å². The summed E-state index contributed by atoms with van der Waals surface area (Å²) < 4.78 is 72.4. The third-order valence-corrected chi connectivity index (χ3v) is 5.18. The lowest BCUT2D eigenvalue weighted by Crippen LogP contribution is -2.36. The van der Waals surface area contributed by atoms with Crippen molar-refractivity contribution in [3.63, 3.8) is 0 Å². The molecule has 31 heavy (non-hydrogen) atoms. The van der Waals surface area contributed by atoms with Crippen molar-refractivity contribution >= 4 is 11.7 Å². The van der Waals surface area contributed by atoms with E-state index >= 15 is 0 Å². The van der Waals surface area contributed by atoms with Crippen molar-refractivity contribution in [1.29, 1.82) is 0 Å². The van der Waals surface area contributed by atoms with Gasteiger partial charge in [0.2, 0.25) is 0 Å². The minimum absolute atomic E-state index is 0.131. The van der Waals surface area contributed by atoms with Crippen molar-refractivity contribution in [2.45, 2.75) is 18.6 Å². The molecule has 0 radical (unpaired) electrons. The molecular weight excluding hydrogens is 418 g/mol. The number of nitrogens with two attached hydrogens (primary N) is 1. The van der Waals surface area contributed by atoms with E-state index in [1.165, 1.54) is 14.2 Å². The number of halogens is 4. The zero-order chi connectivity index (χ0) is 22.3. The van der Waals surface area contributed by atoms with Gasteiger partial charge in [-0.15, -0.1) is 0 Å². The summed E-state index contributed by atoms with van der Waals surface area (Å²) in [6, 6.07) is 4.80. The zero-order valence-electron chi connectivity index (χ0n) is 16.6. The van der Waals surface area contributed by atoms with E-state index in [0.717, 1.165) is 18.2 Å². The van der Waals surface area contributed by atoms with Gasteiger partial charge in [0.05, 0.1) is 37.7 Å². The van der Waals surface area contributed by atoms with Gasteiger partial charge >= 0.3 is 6.18 Å². The fourth-order valence-electron chi connectivity index (χ4n) is 3.86. The number of hydrogen-bond acceptors (Lipinski definition) is 6. The standard InChI is InChI=1S/C21H19F4N3O3/c1-29-10-8-14(30-2)17-15(9-10)31-7-6-11-18(27-20(26)28-19(11)17)16-12(21(23,24)25)4-3-5-13(16)22/h3-5,8-9,18H,6-7H2,1-2H3,(H3,26,27,28). The first-order valence-electron chi connectivity index (χ1n) is 9.32. The molecule has 2 heterocycles. The van der Waals surface area contributed by atoms with Gasteiger partial charge in [0.25, 0.3) is 0 Å². The quantitative estimate of drug-likeness (QED) is 0.710. The molecule has 0 fully saturated rings. The van der Waals surface area contributed by atoms with E-state index in [9.17, 15) is 17.6 Å². The highest BCUT2D eigenvalue weighted by Crippen LogP contribution is 2.47. The summed E-state index contributed by atoms with van der Waals surface area (Å²) in [5.41, 5.74) is 5.48. The van der Waals surface area contributed by atoms with E-state index in [4.69, 9.17) is 19.9 Å². The van der Waals surface area contributed by atoms with Crippen LogP contribution in [0.4, 0.5) is 17.6 Å². The minimum Gasteiger partial charge on any atom is -0.496 e. The van der Waals surface area contributed by atoms with E-state index in [1.54, 1.807) is 12.1 Å². The van der Waals surface area contributed by atoms with Crippen LogP contribution < -0.4 is 25.3 Å². The van der Waals surface area contributed by atoms with Crippen LogP contribution in [0.25, 0.3) is 5.70 Å². The van der Waals surface area contributed by atoms with Gasteiger partial charge in [-0.3, -0.25) is 0 Å². The summed E-state index contributed by atoms with van der Waals surface area (Å²) in [4.78, 5) is 4.14. The van der Waals surface area contributed by atoms with E-state index in [2.05, 4.69) is 10.3 Å². The van der Waals surface area contributed by atoms with Crippen LogP contribution in [0.3, 0.4) is 0 Å². The average Bonchev–Trinajstić information content (AvgIpc) is 2.91. The number of alkyl halides is 3. The summed E-state index contributed by atoms with van der Waals surface area (Å²) in [7, 11) is 2.93. The number of nitrogens with zero attached hydrogens (tertiary/aromatic N) is 1. The molecule has 0 bridgehead atoms. The molecule has 0 aliphatic carbocycles. The number of fused-ring (bicyclic) bond motifs is 2. The van der Waals surface area contributed by atoms with Gasteiger partial charge in [-0.25, -0.2) is 9.38 Å². The van der Waals surface area contributed by atoms with Crippen molar-refractivity contribution in [3.05, 3.63) is 58.4 Å². The molecule has 2 aromatic carbocycles. The number of ether oxygens (including phenoxy) is 3. The Balaban J connectivity index is 1.98. The van der Waals surface area contributed by atoms with Gasteiger partial charge in [0, 0.05) is 24.1 Å². The Bertz CT molecular complexity index is 1100. The molecule has 0 aromatic heterocycles. The number of hydrogen-bond donors (Lipinski definition) is 2. The predicted molar refractivity (Wildman–Crippen MR) is 105 cm³/mol. The number of rotatable bonds is 3. The van der Waals surface area contributed by atoms with Crippen LogP contribution in [-0.2, 0) is 6.18 Å². The Labute approximate surface area is 175 Å². The van der Waals surface area contributed by atoms with Gasteiger partial charge in [-0.2, -0.15) is 13.2 Å². The van der Waals surface area contributed by atoms with Crippen LogP contribution in [0.15, 0.2) is 40.9 Å². The number of aliphatic imine (C=N–C) groups is 1. The topological polar surface area (TPSA) is 78.1 Å². The lowest BCUT2D eigenvalue weighted by molar-refractivity contribution is -0.138. The van der Waals surface area contributed by atoms with E-state index < -0.39 is 29.2 Å². The molecule has 0 amide bonds. The molecule has 0 saturated carbocycles. The highest BCUT2D eigenvalue weighted by atomic mass is 19.4. The number of nitrogens with one attached hydrogen (secondary N) is 1. The first kappa shape index (κ1) is 20.8. The predicted octanol–water partition coefficient (Wildman–Crippen LogP) is 4.01. The Morgan fingerprint density at radius 2 is 1.97 bits per heavy atom. The molecule has 1 unspecified atom stereocenters. The smallest absolute Gasteiger partial charge is 0.416 e. The first-order chi connectivity index (χ1) is 14.7. The van der Waals surface area contributed by atoms with E-state index in [1.807, 2.05) is 0 Å². The molecule has 4 rings (SSSR count). The molecule has 0 saturated heterocycles. The molecule has 0 spiro atoms. The second-order valence-corrected chi connectivity index (χ2v) is 6.94. The highest BCUT2D eigenvalue weighted by Gasteiger charge is 2.40. The van der Waals surface area contributed by atoms with Crippen molar-refractivity contribution in [2.75, 3.05) is 20.8 Å². The van der Waals surface area contributed by atoms with Crippen molar-refractivity contribution in [3.8, 4) is 17.2 Å². The summed E-state index contributed by atoms with van der Waals surface area (Å²) in [6.45, 7) is 0.131. The fraction of sp³-hybridized carbons (Fsp3) is 0.286. The largest absolute Gasteiger partial charge is 0.496 e. The Hall–Kier alpha value is -3.43. The van der Waals surface area contributed by atoms with Crippen LogP contribution in [0.5, 0.6) is 17.2 Å². The molecule has 2 aliphatic heterocycles. The van der Waals surface area contributed by atoms with Crippen molar-refractivity contribution in [2.24, 2.45) is 10.7 Å². The van der Waals surface area contributed by atoms with E-state index in [-0.39, 0.29) is 19.0 Å². The van der Waals surface area contributed by atoms with Gasteiger partial charge in [-0.05, 0) is 17.7 Å². The van der Waals surface area contributed by atoms with Crippen LogP contribution >= 0.6 is 0 Å². The van der Waals surface area contributed by atoms with Crippen LogP contribution in [0.2, 0.25) is 0 Å². The third kappa shape index (κ3) is 3.62. The summed E-state index contributed by atoms with van der Waals surface area (Å²) in [5, 5.41) is 2.91. The SMILES string of the molecule is COc1cc(OC)c2c(c1)OCCC1=C2NC(N)=NC1c1c(F)cccc1C(F)(F)F. The summed E-state index contributed by atoms with van der Waals surface area (Å²) >= 11 is 0. The van der Waals surface area contributed by atoms with E-state index in [0.29, 0.717) is 34.1 Å². The maximum atomic E-state index is 14.8. The molecule has 3 N–H and O–H groups in total. The zero-order valence-corrected chi connectivity index (χ0v) is 16.6. The fourth-order valence-corrected chi connectivity index (χ4v) is 3.86. The normalized spacial score (nSPS) is 18.1. The summed E-state index contributed by atoms with van der Waals surface area (Å²) in [6.07, 6.45) is -4.58. The molecule has 164 valence electrons. The maximum absolute atomic E-state index is 14.8. The molecular formula is C21H19F4N3O3. The number of guanidine groups is 1. The minimum atomic E-state index is -4.77. The van der Waals surface area contributed by atoms with Crippen LogP contribution in [0.1, 0.15) is 29.2 Å². The van der Waals surface area contributed by atoms with Gasteiger partial charge in [-0.1, -0.05) is 6.07 Å². The lowest BCUT2D eigenvalue weighted by Gasteiger charge is -2.28. The average molecular weight is 437 g/mol. The Morgan fingerprint density at radius 3 is 2.65 bits per heavy atom. The maximum Gasteiger partial charge on any atom is 0.416 e. The summed E-state index contributed by atoms with van der Waals surface area (Å²) in [5.74, 6) is 0.0613. The Kier molecular flexibility index (Phi) is 5.16. The lowest BCUT2D eigenvalue weighted by atomic mass is 9.88. The molecule has 6 nitrogen and oxygen atoms in total.